The second-order valence-corrected chi connectivity index (χ2v) is 3.42. The van der Waals surface area contributed by atoms with Crippen molar-refractivity contribution in [3.63, 3.8) is 0 Å². The van der Waals surface area contributed by atoms with Crippen LogP contribution in [0.25, 0.3) is 16.9 Å². The van der Waals surface area contributed by atoms with Gasteiger partial charge in [-0.3, -0.25) is 4.57 Å². The van der Waals surface area contributed by atoms with Gasteiger partial charge >= 0.3 is 0 Å². The van der Waals surface area contributed by atoms with Crippen molar-refractivity contribution in [2.45, 2.75) is 0 Å². The summed E-state index contributed by atoms with van der Waals surface area (Å²) >= 11 is 0. The maximum atomic E-state index is 5.49. The minimum Gasteiger partial charge on any atom is -0.382 e. The molecule has 3 rings (SSSR count). The van der Waals surface area contributed by atoms with E-state index in [9.17, 15) is 0 Å². The highest BCUT2D eigenvalue weighted by atomic mass is 15.2. The molecule has 16 heavy (non-hydrogen) atoms. The van der Waals surface area contributed by atoms with E-state index in [0.29, 0.717) is 11.6 Å². The van der Waals surface area contributed by atoms with Gasteiger partial charge < -0.3 is 5.73 Å². The van der Waals surface area contributed by atoms with E-state index in [0.717, 1.165) is 11.0 Å². The van der Waals surface area contributed by atoms with Crippen molar-refractivity contribution in [3.05, 3.63) is 42.7 Å². The number of nitrogens with zero attached hydrogens (tertiary/aromatic N) is 4. The van der Waals surface area contributed by atoms with Crippen molar-refractivity contribution in [2.24, 2.45) is 0 Å². The van der Waals surface area contributed by atoms with Gasteiger partial charge in [0.15, 0.2) is 5.82 Å². The number of hydrogen-bond acceptors (Lipinski definition) is 4. The Balaban J connectivity index is 2.22. The zero-order valence-electron chi connectivity index (χ0n) is 8.41. The van der Waals surface area contributed by atoms with Crippen molar-refractivity contribution in [2.75, 3.05) is 5.73 Å². The molecule has 3 aromatic rings. The van der Waals surface area contributed by atoms with Crippen LogP contribution < -0.4 is 5.73 Å². The molecule has 2 aromatic heterocycles. The predicted molar refractivity (Wildman–Crippen MR) is 61.1 cm³/mol. The van der Waals surface area contributed by atoms with Crippen LogP contribution in [0.5, 0.6) is 0 Å². The van der Waals surface area contributed by atoms with E-state index in [2.05, 4.69) is 15.2 Å². The molecule has 2 heterocycles. The minimum atomic E-state index is 0.410. The van der Waals surface area contributed by atoms with Gasteiger partial charge in [0.2, 0.25) is 0 Å². The molecule has 0 atom stereocenters. The molecule has 78 valence electrons. The van der Waals surface area contributed by atoms with Gasteiger partial charge in [0.05, 0.1) is 11.0 Å². The number of fused-ring (bicyclic) bond motifs is 1. The average Bonchev–Trinajstić information content (AvgIpc) is 2.74. The maximum absolute atomic E-state index is 5.49. The van der Waals surface area contributed by atoms with E-state index in [-0.39, 0.29) is 0 Å². The van der Waals surface area contributed by atoms with Gasteiger partial charge in [0.1, 0.15) is 12.1 Å². The molecule has 5 heteroatoms. The smallest absolute Gasteiger partial charge is 0.161 e. The Labute approximate surface area is 91.6 Å². The molecule has 0 fully saturated rings. The van der Waals surface area contributed by atoms with Gasteiger partial charge in [-0.15, -0.1) is 10.2 Å². The Kier molecular flexibility index (Phi) is 1.83. The number of nitrogens with two attached hydrogens (primary N) is 1. The van der Waals surface area contributed by atoms with Crippen LogP contribution >= 0.6 is 0 Å². The minimum absolute atomic E-state index is 0.410. The topological polar surface area (TPSA) is 69.6 Å². The summed E-state index contributed by atoms with van der Waals surface area (Å²) < 4.78 is 1.88. The third-order valence-corrected chi connectivity index (χ3v) is 2.37. The molecule has 5 nitrogen and oxygen atoms in total. The van der Waals surface area contributed by atoms with Crippen molar-refractivity contribution >= 4 is 16.9 Å². The first-order valence-electron chi connectivity index (χ1n) is 4.86. The number of anilines is 1. The number of nitrogen functional groups attached to an aromatic ring is 1. The Bertz CT molecular complexity index is 626. The second kappa shape index (κ2) is 3.30. The summed E-state index contributed by atoms with van der Waals surface area (Å²) in [4.78, 5) is 4.28. The van der Waals surface area contributed by atoms with Crippen LogP contribution in [0.2, 0.25) is 0 Å². The van der Waals surface area contributed by atoms with Crippen LogP contribution in [0.15, 0.2) is 42.7 Å². The molecule has 0 spiro atoms. The molecular formula is C11H9N5. The number of para-hydroxylation sites is 2. The van der Waals surface area contributed by atoms with E-state index in [4.69, 9.17) is 5.73 Å². The van der Waals surface area contributed by atoms with Crippen LogP contribution in [0, 0.1) is 0 Å². The molecule has 0 amide bonds. The third-order valence-electron chi connectivity index (χ3n) is 2.37. The maximum Gasteiger partial charge on any atom is 0.161 e. The zero-order chi connectivity index (χ0) is 11.0. The zero-order valence-corrected chi connectivity index (χ0v) is 8.41. The highest BCUT2D eigenvalue weighted by molar-refractivity contribution is 5.76. The molecule has 0 aliphatic heterocycles. The monoisotopic (exact) mass is 211 g/mol. The first-order chi connectivity index (χ1) is 7.84. The average molecular weight is 211 g/mol. The van der Waals surface area contributed by atoms with Gasteiger partial charge in [0, 0.05) is 0 Å². The summed E-state index contributed by atoms with van der Waals surface area (Å²) in [5, 5.41) is 7.84. The Morgan fingerprint density at radius 2 is 1.88 bits per heavy atom. The van der Waals surface area contributed by atoms with Crippen molar-refractivity contribution < 1.29 is 0 Å². The Morgan fingerprint density at radius 3 is 2.69 bits per heavy atom. The number of benzene rings is 1. The van der Waals surface area contributed by atoms with E-state index in [1.807, 2.05) is 34.9 Å². The highest BCUT2D eigenvalue weighted by Crippen LogP contribution is 2.15. The summed E-state index contributed by atoms with van der Waals surface area (Å²) in [5.41, 5.74) is 7.43. The SMILES string of the molecule is Nc1ccc(-n2cnc3ccccc32)nn1. The van der Waals surface area contributed by atoms with E-state index >= 15 is 0 Å². The molecule has 0 saturated heterocycles. The number of hydrogen-bond donors (Lipinski definition) is 1. The van der Waals surface area contributed by atoms with Crippen LogP contribution in [0.3, 0.4) is 0 Å². The fourth-order valence-electron chi connectivity index (χ4n) is 1.61. The quantitative estimate of drug-likeness (QED) is 0.660. The van der Waals surface area contributed by atoms with Crippen LogP contribution in [-0.4, -0.2) is 19.7 Å². The van der Waals surface area contributed by atoms with Gasteiger partial charge in [-0.2, -0.15) is 0 Å². The number of aromatic nitrogens is 4. The van der Waals surface area contributed by atoms with Gasteiger partial charge in [-0.05, 0) is 24.3 Å². The molecule has 0 bridgehead atoms. The molecule has 0 aliphatic rings. The number of imidazole rings is 1. The fourth-order valence-corrected chi connectivity index (χ4v) is 1.61. The van der Waals surface area contributed by atoms with Gasteiger partial charge in [-0.25, -0.2) is 4.98 Å². The molecule has 2 N–H and O–H groups in total. The number of rotatable bonds is 1. The fraction of sp³-hybridized carbons (Fsp3) is 0. The van der Waals surface area contributed by atoms with E-state index in [1.54, 1.807) is 12.4 Å². The Morgan fingerprint density at radius 1 is 1.00 bits per heavy atom. The van der Waals surface area contributed by atoms with Crippen LogP contribution in [0.1, 0.15) is 0 Å². The van der Waals surface area contributed by atoms with E-state index < -0.39 is 0 Å². The molecular weight excluding hydrogens is 202 g/mol. The summed E-state index contributed by atoms with van der Waals surface area (Å²) in [6, 6.07) is 11.4. The summed E-state index contributed by atoms with van der Waals surface area (Å²) in [6.45, 7) is 0. The standard InChI is InChI=1S/C11H9N5/c12-10-5-6-11(15-14-10)16-7-13-8-3-1-2-4-9(8)16/h1-7H,(H2,12,14). The molecule has 0 saturated carbocycles. The second-order valence-electron chi connectivity index (χ2n) is 3.42. The largest absolute Gasteiger partial charge is 0.382 e. The lowest BCUT2D eigenvalue weighted by molar-refractivity contribution is 0.935. The van der Waals surface area contributed by atoms with Crippen LogP contribution in [0.4, 0.5) is 5.82 Å². The first-order valence-corrected chi connectivity index (χ1v) is 4.86. The summed E-state index contributed by atoms with van der Waals surface area (Å²) in [7, 11) is 0. The molecule has 0 radical (unpaired) electrons. The first kappa shape index (κ1) is 8.84. The molecule has 0 unspecified atom stereocenters. The van der Waals surface area contributed by atoms with E-state index in [1.165, 1.54) is 0 Å². The van der Waals surface area contributed by atoms with Crippen molar-refractivity contribution in [1.82, 2.24) is 19.7 Å². The molecule has 0 aliphatic carbocycles. The van der Waals surface area contributed by atoms with Crippen molar-refractivity contribution in [1.29, 1.82) is 0 Å². The highest BCUT2D eigenvalue weighted by Gasteiger charge is 2.04. The summed E-state index contributed by atoms with van der Waals surface area (Å²) in [5.74, 6) is 1.12. The lowest BCUT2D eigenvalue weighted by atomic mass is 10.3. The van der Waals surface area contributed by atoms with Crippen LogP contribution in [-0.2, 0) is 0 Å². The Hall–Kier alpha value is -2.43. The summed E-state index contributed by atoms with van der Waals surface area (Å²) in [6.07, 6.45) is 1.73. The molecule has 1 aromatic carbocycles. The lowest BCUT2D eigenvalue weighted by Crippen LogP contribution is -1.99. The predicted octanol–water partition coefficient (Wildman–Crippen LogP) is 1.40. The lowest BCUT2D eigenvalue weighted by Gasteiger charge is -2.01. The van der Waals surface area contributed by atoms with Crippen molar-refractivity contribution in [3.8, 4) is 5.82 Å². The van der Waals surface area contributed by atoms with Gasteiger partial charge in [-0.1, -0.05) is 12.1 Å². The third kappa shape index (κ3) is 1.30. The normalized spacial score (nSPS) is 10.8. The van der Waals surface area contributed by atoms with Gasteiger partial charge in [0.25, 0.3) is 0 Å².